The maximum Gasteiger partial charge on any atom is 0.279 e. The smallest absolute Gasteiger partial charge is 0.279 e. The highest BCUT2D eigenvalue weighted by atomic mass is 35.5. The third-order valence-electron chi connectivity index (χ3n) is 3.26. The lowest BCUT2D eigenvalue weighted by Crippen LogP contribution is -3.08. The van der Waals surface area contributed by atoms with E-state index in [9.17, 15) is 4.79 Å². The van der Waals surface area contributed by atoms with E-state index in [-0.39, 0.29) is 5.91 Å². The van der Waals surface area contributed by atoms with Crippen LogP contribution in [0.15, 0.2) is 53.4 Å². The Balaban J connectivity index is 1.89. The minimum atomic E-state index is 0.0213. The van der Waals surface area contributed by atoms with E-state index < -0.39 is 0 Å². The van der Waals surface area contributed by atoms with Crippen LogP contribution in [0.3, 0.4) is 0 Å². The van der Waals surface area contributed by atoms with Gasteiger partial charge in [0.2, 0.25) is 0 Å². The Morgan fingerprint density at radius 3 is 2.55 bits per heavy atom. The van der Waals surface area contributed by atoms with Crippen LogP contribution in [-0.2, 0) is 11.3 Å². The molecule has 22 heavy (non-hydrogen) atoms. The molecule has 0 spiro atoms. The molecule has 2 N–H and O–H groups in total. The number of hydrogen-bond acceptors (Lipinski definition) is 2. The van der Waals surface area contributed by atoms with Gasteiger partial charge in [-0.15, -0.1) is 11.8 Å². The van der Waals surface area contributed by atoms with E-state index in [1.807, 2.05) is 61.8 Å². The molecule has 0 radical (unpaired) electrons. The van der Waals surface area contributed by atoms with Gasteiger partial charge in [0.15, 0.2) is 6.54 Å². The molecular weight excluding hydrogens is 316 g/mol. The van der Waals surface area contributed by atoms with Crippen LogP contribution in [0, 0.1) is 0 Å². The first kappa shape index (κ1) is 16.9. The lowest BCUT2D eigenvalue weighted by atomic mass is 10.2. The van der Waals surface area contributed by atoms with Gasteiger partial charge in [0.25, 0.3) is 5.91 Å². The fourth-order valence-electron chi connectivity index (χ4n) is 2.23. The molecule has 2 aromatic carbocycles. The van der Waals surface area contributed by atoms with Gasteiger partial charge in [-0.1, -0.05) is 35.9 Å². The highest BCUT2D eigenvalue weighted by Gasteiger charge is 2.12. The molecule has 0 fully saturated rings. The first-order chi connectivity index (χ1) is 10.6. The number of rotatable bonds is 6. The molecule has 0 heterocycles. The van der Waals surface area contributed by atoms with Crippen molar-refractivity contribution < 1.29 is 9.69 Å². The van der Waals surface area contributed by atoms with E-state index >= 15 is 0 Å². The number of amides is 1. The first-order valence-electron chi connectivity index (χ1n) is 7.07. The van der Waals surface area contributed by atoms with Crippen molar-refractivity contribution in [3.05, 3.63) is 59.1 Å². The summed E-state index contributed by atoms with van der Waals surface area (Å²) in [5.41, 5.74) is 2.04. The van der Waals surface area contributed by atoms with Crippen LogP contribution in [0.1, 0.15) is 5.56 Å². The van der Waals surface area contributed by atoms with E-state index in [1.54, 1.807) is 11.8 Å². The molecule has 2 rings (SSSR count). The Morgan fingerprint density at radius 2 is 1.86 bits per heavy atom. The van der Waals surface area contributed by atoms with Gasteiger partial charge < -0.3 is 10.2 Å². The summed E-state index contributed by atoms with van der Waals surface area (Å²) in [6.07, 6.45) is 2.00. The van der Waals surface area contributed by atoms with Crippen LogP contribution in [0.4, 0.5) is 5.69 Å². The Kier molecular flexibility index (Phi) is 6.31. The van der Waals surface area contributed by atoms with Gasteiger partial charge in [-0.2, -0.15) is 0 Å². The standard InChI is InChI=1S/C17H19ClN2OS/c1-20(11-13-7-9-14(18)10-8-13)12-17(21)19-15-5-3-4-6-16(15)22-2/h3-10H,11-12H2,1-2H3,(H,19,21)/p+1. The van der Waals surface area contributed by atoms with Crippen molar-refractivity contribution >= 4 is 35.0 Å². The van der Waals surface area contributed by atoms with Crippen LogP contribution < -0.4 is 10.2 Å². The summed E-state index contributed by atoms with van der Waals surface area (Å²) in [6.45, 7) is 1.21. The van der Waals surface area contributed by atoms with Gasteiger partial charge in [-0.05, 0) is 30.5 Å². The maximum atomic E-state index is 12.2. The number of likely N-dealkylation sites (N-methyl/N-ethyl adjacent to an activating group) is 1. The van der Waals surface area contributed by atoms with E-state index in [4.69, 9.17) is 11.6 Å². The molecule has 1 amide bonds. The van der Waals surface area contributed by atoms with Gasteiger partial charge in [0.1, 0.15) is 6.54 Å². The van der Waals surface area contributed by atoms with Crippen molar-refractivity contribution in [3.63, 3.8) is 0 Å². The van der Waals surface area contributed by atoms with Crippen LogP contribution >= 0.6 is 23.4 Å². The Bertz CT molecular complexity index is 631. The van der Waals surface area contributed by atoms with Crippen molar-refractivity contribution in [1.29, 1.82) is 0 Å². The highest BCUT2D eigenvalue weighted by molar-refractivity contribution is 7.98. The van der Waals surface area contributed by atoms with Gasteiger partial charge >= 0.3 is 0 Å². The fourth-order valence-corrected chi connectivity index (χ4v) is 2.91. The molecular formula is C17H20ClN2OS+. The van der Waals surface area contributed by atoms with Crippen LogP contribution in [0.25, 0.3) is 0 Å². The normalized spacial score (nSPS) is 12.0. The summed E-state index contributed by atoms with van der Waals surface area (Å²) < 4.78 is 0. The predicted molar refractivity (Wildman–Crippen MR) is 93.8 cm³/mol. The Labute approximate surface area is 140 Å². The zero-order chi connectivity index (χ0) is 15.9. The Morgan fingerprint density at radius 1 is 1.18 bits per heavy atom. The third kappa shape index (κ3) is 5.05. The molecule has 0 aliphatic rings. The number of quaternary nitrogens is 1. The molecule has 0 aromatic heterocycles. The van der Waals surface area contributed by atoms with E-state index in [2.05, 4.69) is 5.32 Å². The number of carbonyl (C=O) groups excluding carboxylic acids is 1. The summed E-state index contributed by atoms with van der Waals surface area (Å²) >= 11 is 7.50. The summed E-state index contributed by atoms with van der Waals surface area (Å²) in [4.78, 5) is 14.4. The van der Waals surface area contributed by atoms with Gasteiger partial charge in [0.05, 0.1) is 12.7 Å². The minimum absolute atomic E-state index is 0.0213. The molecule has 1 atom stereocenters. The van der Waals surface area contributed by atoms with Crippen LogP contribution in [-0.4, -0.2) is 25.8 Å². The average Bonchev–Trinajstić information content (AvgIpc) is 2.50. The summed E-state index contributed by atoms with van der Waals surface area (Å²) in [6, 6.07) is 15.6. The quantitative estimate of drug-likeness (QED) is 0.796. The summed E-state index contributed by atoms with van der Waals surface area (Å²) in [7, 11) is 2.01. The molecule has 0 saturated heterocycles. The number of carbonyl (C=O) groups is 1. The molecule has 3 nitrogen and oxygen atoms in total. The second-order valence-electron chi connectivity index (χ2n) is 5.19. The third-order valence-corrected chi connectivity index (χ3v) is 4.31. The zero-order valence-electron chi connectivity index (χ0n) is 12.7. The molecule has 2 aromatic rings. The number of thioether (sulfide) groups is 1. The average molecular weight is 336 g/mol. The highest BCUT2D eigenvalue weighted by Crippen LogP contribution is 2.24. The molecule has 0 saturated carbocycles. The topological polar surface area (TPSA) is 33.5 Å². The number of halogens is 1. The number of para-hydroxylation sites is 1. The van der Waals surface area contributed by atoms with Crippen molar-refractivity contribution in [2.24, 2.45) is 0 Å². The first-order valence-corrected chi connectivity index (χ1v) is 8.67. The fraction of sp³-hybridized carbons (Fsp3) is 0.235. The van der Waals surface area contributed by atoms with Crippen LogP contribution in [0.2, 0.25) is 5.02 Å². The molecule has 0 bridgehead atoms. The SMILES string of the molecule is CSc1ccccc1NC(=O)C[NH+](C)Cc1ccc(Cl)cc1. The maximum absolute atomic E-state index is 12.2. The second kappa shape index (κ2) is 8.22. The van der Waals surface area contributed by atoms with E-state index in [1.165, 1.54) is 5.56 Å². The van der Waals surface area contributed by atoms with Crippen molar-refractivity contribution in [1.82, 2.24) is 0 Å². The summed E-state index contributed by atoms with van der Waals surface area (Å²) in [5.74, 6) is 0.0213. The van der Waals surface area contributed by atoms with E-state index in [0.29, 0.717) is 6.54 Å². The zero-order valence-corrected chi connectivity index (χ0v) is 14.3. The molecule has 1 unspecified atom stereocenters. The summed E-state index contributed by atoms with van der Waals surface area (Å²) in [5, 5.41) is 3.71. The van der Waals surface area contributed by atoms with E-state index in [0.717, 1.165) is 27.1 Å². The number of hydrogen-bond donors (Lipinski definition) is 2. The molecule has 116 valence electrons. The lowest BCUT2D eigenvalue weighted by Gasteiger charge is -2.15. The molecule has 5 heteroatoms. The molecule has 0 aliphatic heterocycles. The van der Waals surface area contributed by atoms with Gasteiger partial charge in [0, 0.05) is 15.5 Å². The number of benzene rings is 2. The number of anilines is 1. The molecule has 0 aliphatic carbocycles. The van der Waals surface area contributed by atoms with Crippen LogP contribution in [0.5, 0.6) is 0 Å². The minimum Gasteiger partial charge on any atom is -0.326 e. The number of nitrogens with one attached hydrogen (secondary N) is 2. The largest absolute Gasteiger partial charge is 0.326 e. The van der Waals surface area contributed by atoms with Crippen molar-refractivity contribution in [2.45, 2.75) is 11.4 Å². The predicted octanol–water partition coefficient (Wildman–Crippen LogP) is 2.72. The lowest BCUT2D eigenvalue weighted by molar-refractivity contribution is -0.885. The monoisotopic (exact) mass is 335 g/mol. The Hall–Kier alpha value is -1.49. The van der Waals surface area contributed by atoms with Crippen molar-refractivity contribution in [3.8, 4) is 0 Å². The second-order valence-corrected chi connectivity index (χ2v) is 6.47. The van der Waals surface area contributed by atoms with Gasteiger partial charge in [-0.25, -0.2) is 0 Å². The van der Waals surface area contributed by atoms with Crippen molar-refractivity contribution in [2.75, 3.05) is 25.2 Å². The van der Waals surface area contributed by atoms with Gasteiger partial charge in [-0.3, -0.25) is 4.79 Å².